The molecule has 20 heavy (non-hydrogen) atoms. The minimum absolute atomic E-state index is 0.0129. The fourth-order valence-electron chi connectivity index (χ4n) is 3.29. The van der Waals surface area contributed by atoms with E-state index in [2.05, 4.69) is 10.2 Å². The monoisotopic (exact) mass is 284 g/mol. The highest BCUT2D eigenvalue weighted by molar-refractivity contribution is 5.72. The molecule has 2 fully saturated rings. The Morgan fingerprint density at radius 3 is 2.80 bits per heavy atom. The highest BCUT2D eigenvalue weighted by atomic mass is 16.5. The van der Waals surface area contributed by atoms with Gasteiger partial charge in [-0.2, -0.15) is 0 Å². The third-order valence-corrected chi connectivity index (χ3v) is 4.49. The quantitative estimate of drug-likeness (QED) is 0.747. The van der Waals surface area contributed by atoms with Gasteiger partial charge in [-0.15, -0.1) is 0 Å². The van der Waals surface area contributed by atoms with Gasteiger partial charge in [0.2, 0.25) is 0 Å². The highest BCUT2D eigenvalue weighted by Crippen LogP contribution is 2.33. The molecule has 1 saturated heterocycles. The lowest BCUT2D eigenvalue weighted by Gasteiger charge is -2.38. The number of esters is 1. The second kappa shape index (κ2) is 7.38. The molecule has 0 aromatic heterocycles. The van der Waals surface area contributed by atoms with Crippen LogP contribution in [0.4, 0.5) is 0 Å². The molecule has 2 aliphatic rings. The van der Waals surface area contributed by atoms with Crippen molar-refractivity contribution in [1.82, 2.24) is 10.2 Å². The molecule has 0 amide bonds. The summed E-state index contributed by atoms with van der Waals surface area (Å²) in [5.41, 5.74) is -0.618. The van der Waals surface area contributed by atoms with Crippen LogP contribution in [0, 0.1) is 5.92 Å². The number of carbonyl (C=O) groups excluding carboxylic acids is 1. The van der Waals surface area contributed by atoms with Crippen molar-refractivity contribution in [3.8, 4) is 0 Å². The first-order chi connectivity index (χ1) is 9.63. The van der Waals surface area contributed by atoms with Crippen LogP contribution >= 0.6 is 0 Å². The number of β-amino-alcohol motifs (C(OH)–C–C–N with tert-alkyl or cyclic N) is 1. The summed E-state index contributed by atoms with van der Waals surface area (Å²) >= 11 is 0. The minimum atomic E-state index is -0.618. The molecule has 0 aromatic rings. The van der Waals surface area contributed by atoms with Gasteiger partial charge in [0.05, 0.1) is 18.1 Å². The van der Waals surface area contributed by atoms with Gasteiger partial charge < -0.3 is 15.2 Å². The normalized spacial score (nSPS) is 32.6. The molecule has 1 aliphatic carbocycles. The lowest BCUT2D eigenvalue weighted by Crippen LogP contribution is -2.47. The summed E-state index contributed by atoms with van der Waals surface area (Å²) in [6, 6.07) is 0. The second-order valence-electron chi connectivity index (χ2n) is 6.13. The Hall–Kier alpha value is -0.650. The first kappa shape index (κ1) is 15.7. The molecule has 2 N–H and O–H groups in total. The molecule has 1 saturated carbocycles. The van der Waals surface area contributed by atoms with E-state index in [-0.39, 0.29) is 11.9 Å². The van der Waals surface area contributed by atoms with Gasteiger partial charge >= 0.3 is 5.97 Å². The molecule has 5 heteroatoms. The van der Waals surface area contributed by atoms with Gasteiger partial charge in [-0.3, -0.25) is 9.69 Å². The van der Waals surface area contributed by atoms with E-state index in [1.165, 1.54) is 0 Å². The third-order valence-electron chi connectivity index (χ3n) is 4.49. The molecule has 1 aliphatic heterocycles. The molecule has 0 radical (unpaired) electrons. The fourth-order valence-corrected chi connectivity index (χ4v) is 3.29. The Kier molecular flexibility index (Phi) is 5.81. The summed E-state index contributed by atoms with van der Waals surface area (Å²) < 4.78 is 5.08. The zero-order valence-electron chi connectivity index (χ0n) is 12.6. The van der Waals surface area contributed by atoms with Crippen molar-refractivity contribution in [1.29, 1.82) is 0 Å². The lowest BCUT2D eigenvalue weighted by atomic mass is 9.78. The molecule has 1 heterocycles. The molecule has 0 atom stereocenters. The number of nitrogens with zero attached hydrogens (tertiary/aromatic N) is 1. The smallest absolute Gasteiger partial charge is 0.308 e. The van der Waals surface area contributed by atoms with E-state index >= 15 is 0 Å². The van der Waals surface area contributed by atoms with E-state index in [0.29, 0.717) is 19.4 Å². The van der Waals surface area contributed by atoms with Crippen LogP contribution in [0.1, 0.15) is 39.0 Å². The number of ether oxygens (including phenoxy) is 1. The summed E-state index contributed by atoms with van der Waals surface area (Å²) in [6.45, 7) is 7.15. The van der Waals surface area contributed by atoms with Gasteiger partial charge in [0.25, 0.3) is 0 Å². The molecule has 5 nitrogen and oxygen atoms in total. The fraction of sp³-hybridized carbons (Fsp3) is 0.933. The summed E-state index contributed by atoms with van der Waals surface area (Å²) in [5.74, 6) is -0.102. The number of rotatable bonds is 4. The molecule has 0 unspecified atom stereocenters. The molecule has 116 valence electrons. The van der Waals surface area contributed by atoms with Crippen LogP contribution < -0.4 is 5.32 Å². The van der Waals surface area contributed by atoms with E-state index in [4.69, 9.17) is 4.74 Å². The Labute approximate surface area is 121 Å². The second-order valence-corrected chi connectivity index (χ2v) is 6.13. The van der Waals surface area contributed by atoms with Crippen molar-refractivity contribution in [2.24, 2.45) is 5.92 Å². The van der Waals surface area contributed by atoms with Crippen molar-refractivity contribution >= 4 is 5.97 Å². The molecular weight excluding hydrogens is 256 g/mol. The van der Waals surface area contributed by atoms with Crippen LogP contribution in [-0.2, 0) is 9.53 Å². The van der Waals surface area contributed by atoms with Crippen LogP contribution in [0.2, 0.25) is 0 Å². The number of hydrogen-bond acceptors (Lipinski definition) is 5. The van der Waals surface area contributed by atoms with Gasteiger partial charge in [0, 0.05) is 19.6 Å². The van der Waals surface area contributed by atoms with Crippen LogP contribution in [-0.4, -0.2) is 60.9 Å². The van der Waals surface area contributed by atoms with Crippen LogP contribution in [0.3, 0.4) is 0 Å². The topological polar surface area (TPSA) is 61.8 Å². The number of hydrogen-bond donors (Lipinski definition) is 2. The molecule has 0 spiro atoms. The molecule has 0 bridgehead atoms. The average molecular weight is 284 g/mol. The van der Waals surface area contributed by atoms with Gasteiger partial charge in [-0.1, -0.05) is 0 Å². The molecular formula is C15H28N2O3. The van der Waals surface area contributed by atoms with Crippen molar-refractivity contribution in [3.05, 3.63) is 0 Å². The maximum atomic E-state index is 11.7. The Balaban J connectivity index is 1.79. The van der Waals surface area contributed by atoms with Gasteiger partial charge in [-0.05, 0) is 52.1 Å². The molecule has 2 rings (SSSR count). The number of aliphatic hydroxyl groups is 1. The maximum absolute atomic E-state index is 11.7. The van der Waals surface area contributed by atoms with Crippen LogP contribution in [0.5, 0.6) is 0 Å². The Morgan fingerprint density at radius 1 is 1.35 bits per heavy atom. The van der Waals surface area contributed by atoms with E-state index in [0.717, 1.165) is 52.0 Å². The maximum Gasteiger partial charge on any atom is 0.308 e. The first-order valence-electron chi connectivity index (χ1n) is 7.95. The van der Waals surface area contributed by atoms with Crippen molar-refractivity contribution < 1.29 is 14.6 Å². The highest BCUT2D eigenvalue weighted by Gasteiger charge is 2.37. The summed E-state index contributed by atoms with van der Waals surface area (Å²) in [7, 11) is 0. The van der Waals surface area contributed by atoms with E-state index in [1.54, 1.807) is 0 Å². The standard InChI is InChI=1S/C15H28N2O3/c1-2-20-14(18)13-4-6-15(19,7-5-13)12-17-10-3-8-16-9-11-17/h13,16,19H,2-12H2,1H3. The Morgan fingerprint density at radius 2 is 2.10 bits per heavy atom. The van der Waals surface area contributed by atoms with Crippen molar-refractivity contribution in [2.75, 3.05) is 39.3 Å². The summed E-state index contributed by atoms with van der Waals surface area (Å²) in [5, 5.41) is 14.1. The van der Waals surface area contributed by atoms with Crippen LogP contribution in [0.15, 0.2) is 0 Å². The van der Waals surface area contributed by atoms with Gasteiger partial charge in [0.1, 0.15) is 0 Å². The minimum Gasteiger partial charge on any atom is -0.466 e. The molecule has 0 aromatic carbocycles. The van der Waals surface area contributed by atoms with E-state index < -0.39 is 5.60 Å². The zero-order chi connectivity index (χ0) is 14.4. The van der Waals surface area contributed by atoms with Crippen molar-refractivity contribution in [3.63, 3.8) is 0 Å². The summed E-state index contributed by atoms with van der Waals surface area (Å²) in [4.78, 5) is 14.1. The first-order valence-corrected chi connectivity index (χ1v) is 7.95. The van der Waals surface area contributed by atoms with E-state index in [9.17, 15) is 9.90 Å². The number of nitrogens with one attached hydrogen (secondary N) is 1. The van der Waals surface area contributed by atoms with Gasteiger partial charge in [0.15, 0.2) is 0 Å². The van der Waals surface area contributed by atoms with Gasteiger partial charge in [-0.25, -0.2) is 0 Å². The zero-order valence-corrected chi connectivity index (χ0v) is 12.6. The van der Waals surface area contributed by atoms with Crippen molar-refractivity contribution in [2.45, 2.75) is 44.6 Å². The largest absolute Gasteiger partial charge is 0.466 e. The lowest BCUT2D eigenvalue weighted by molar-refractivity contribution is -0.151. The third kappa shape index (κ3) is 4.43. The number of carbonyl (C=O) groups is 1. The van der Waals surface area contributed by atoms with E-state index in [1.807, 2.05) is 6.92 Å². The summed E-state index contributed by atoms with van der Waals surface area (Å²) in [6.07, 6.45) is 4.06. The predicted molar refractivity (Wildman–Crippen MR) is 77.5 cm³/mol. The van der Waals surface area contributed by atoms with Crippen LogP contribution in [0.25, 0.3) is 0 Å². The Bertz CT molecular complexity index is 306. The predicted octanol–water partition coefficient (Wildman–Crippen LogP) is 0.766. The SMILES string of the molecule is CCOC(=O)C1CCC(O)(CN2CCCNCC2)CC1. The average Bonchev–Trinajstić information content (AvgIpc) is 2.68.